The Kier molecular flexibility index (Phi) is 4.63. The summed E-state index contributed by atoms with van der Waals surface area (Å²) in [6, 6.07) is 13.9. The number of fused-ring (bicyclic) bond motifs is 1. The van der Waals surface area contributed by atoms with Crippen LogP contribution in [-0.4, -0.2) is 0 Å². The zero-order valence-electron chi connectivity index (χ0n) is 13.6. The van der Waals surface area contributed by atoms with Crippen LogP contribution in [0.1, 0.15) is 68.9 Å². The lowest BCUT2D eigenvalue weighted by Gasteiger charge is -2.29. The van der Waals surface area contributed by atoms with Crippen LogP contribution in [0.2, 0.25) is 0 Å². The summed E-state index contributed by atoms with van der Waals surface area (Å²) in [6.07, 6.45) is 9.90. The molecule has 1 aliphatic carbocycles. The van der Waals surface area contributed by atoms with E-state index in [-0.39, 0.29) is 0 Å². The first-order valence-corrected chi connectivity index (χ1v) is 8.76. The highest BCUT2D eigenvalue weighted by molar-refractivity contribution is 5.83. The monoisotopic (exact) mass is 280 g/mol. The van der Waals surface area contributed by atoms with E-state index < -0.39 is 0 Å². The van der Waals surface area contributed by atoms with E-state index in [1.807, 2.05) is 0 Å². The van der Waals surface area contributed by atoms with Crippen molar-refractivity contribution in [1.29, 1.82) is 0 Å². The van der Waals surface area contributed by atoms with Gasteiger partial charge in [-0.3, -0.25) is 0 Å². The summed E-state index contributed by atoms with van der Waals surface area (Å²) in [6.45, 7) is 4.48. The molecule has 0 unspecified atom stereocenters. The Balaban J connectivity index is 1.69. The fourth-order valence-electron chi connectivity index (χ4n) is 3.91. The first kappa shape index (κ1) is 14.6. The second kappa shape index (κ2) is 6.64. The second-order valence-electron chi connectivity index (χ2n) is 6.97. The molecule has 0 saturated heterocycles. The molecule has 1 aliphatic rings. The van der Waals surface area contributed by atoms with Crippen molar-refractivity contribution in [3.8, 4) is 0 Å². The SMILES string of the molecule is CCCC[C@H]1CC[C@H](c2ccc3cc(C)ccc3c2)CC1. The highest BCUT2D eigenvalue weighted by Gasteiger charge is 2.22. The second-order valence-corrected chi connectivity index (χ2v) is 6.97. The van der Waals surface area contributed by atoms with E-state index in [2.05, 4.69) is 50.2 Å². The van der Waals surface area contributed by atoms with Gasteiger partial charge in [-0.25, -0.2) is 0 Å². The number of benzene rings is 2. The van der Waals surface area contributed by atoms with Crippen molar-refractivity contribution in [1.82, 2.24) is 0 Å². The van der Waals surface area contributed by atoms with E-state index in [1.165, 1.54) is 61.3 Å². The number of hydrogen-bond donors (Lipinski definition) is 0. The van der Waals surface area contributed by atoms with E-state index in [9.17, 15) is 0 Å². The average Bonchev–Trinajstić information content (AvgIpc) is 2.53. The molecule has 1 fully saturated rings. The zero-order chi connectivity index (χ0) is 14.7. The molecule has 0 radical (unpaired) electrons. The lowest BCUT2D eigenvalue weighted by Crippen LogP contribution is -2.13. The molecule has 0 atom stereocenters. The van der Waals surface area contributed by atoms with Gasteiger partial charge >= 0.3 is 0 Å². The predicted molar refractivity (Wildman–Crippen MR) is 92.9 cm³/mol. The minimum absolute atomic E-state index is 0.800. The average molecular weight is 280 g/mol. The maximum atomic E-state index is 2.44. The Bertz CT molecular complexity index is 588. The topological polar surface area (TPSA) is 0 Å². The Morgan fingerprint density at radius 2 is 1.62 bits per heavy atom. The summed E-state index contributed by atoms with van der Waals surface area (Å²) in [5, 5.41) is 2.79. The molecule has 0 N–H and O–H groups in total. The fraction of sp³-hybridized carbons (Fsp3) is 0.524. The van der Waals surface area contributed by atoms with Gasteiger partial charge in [0.15, 0.2) is 0 Å². The Hall–Kier alpha value is -1.30. The van der Waals surface area contributed by atoms with Gasteiger partial charge in [-0.1, -0.05) is 68.1 Å². The molecule has 0 heterocycles. The first-order chi connectivity index (χ1) is 10.3. The summed E-state index contributed by atoms with van der Waals surface area (Å²) in [7, 11) is 0. The summed E-state index contributed by atoms with van der Waals surface area (Å²) < 4.78 is 0. The molecule has 112 valence electrons. The lowest BCUT2D eigenvalue weighted by atomic mass is 9.77. The molecule has 0 amide bonds. The normalized spacial score (nSPS) is 22.6. The van der Waals surface area contributed by atoms with Crippen molar-refractivity contribution in [2.45, 2.75) is 64.7 Å². The van der Waals surface area contributed by atoms with Gasteiger partial charge in [-0.05, 0) is 60.8 Å². The first-order valence-electron chi connectivity index (χ1n) is 8.76. The third-order valence-corrected chi connectivity index (χ3v) is 5.30. The summed E-state index contributed by atoms with van der Waals surface area (Å²) >= 11 is 0. The van der Waals surface area contributed by atoms with Gasteiger partial charge in [0.25, 0.3) is 0 Å². The van der Waals surface area contributed by atoms with Crippen LogP contribution in [0.5, 0.6) is 0 Å². The maximum absolute atomic E-state index is 2.44. The van der Waals surface area contributed by atoms with Gasteiger partial charge in [-0.2, -0.15) is 0 Å². The van der Waals surface area contributed by atoms with E-state index in [4.69, 9.17) is 0 Å². The largest absolute Gasteiger partial charge is 0.0654 e. The molecule has 0 bridgehead atoms. The predicted octanol–water partition coefficient (Wildman–Crippen LogP) is 6.61. The van der Waals surface area contributed by atoms with Gasteiger partial charge in [0, 0.05) is 0 Å². The molecule has 21 heavy (non-hydrogen) atoms. The quantitative estimate of drug-likeness (QED) is 0.591. The minimum Gasteiger partial charge on any atom is -0.0654 e. The van der Waals surface area contributed by atoms with Gasteiger partial charge in [-0.15, -0.1) is 0 Å². The Labute approximate surface area is 129 Å². The summed E-state index contributed by atoms with van der Waals surface area (Å²) in [4.78, 5) is 0. The highest BCUT2D eigenvalue weighted by atomic mass is 14.3. The van der Waals surface area contributed by atoms with Crippen LogP contribution >= 0.6 is 0 Å². The molecule has 0 spiro atoms. The van der Waals surface area contributed by atoms with E-state index in [1.54, 1.807) is 5.56 Å². The van der Waals surface area contributed by atoms with Crippen LogP contribution in [0.25, 0.3) is 10.8 Å². The van der Waals surface area contributed by atoms with Crippen molar-refractivity contribution in [3.63, 3.8) is 0 Å². The van der Waals surface area contributed by atoms with Crippen LogP contribution in [0.15, 0.2) is 36.4 Å². The summed E-state index contributed by atoms with van der Waals surface area (Å²) in [5.41, 5.74) is 2.92. The molecule has 0 heteroatoms. The van der Waals surface area contributed by atoms with E-state index in [0.717, 1.165) is 11.8 Å². The van der Waals surface area contributed by atoms with Gasteiger partial charge in [0.1, 0.15) is 0 Å². The lowest BCUT2D eigenvalue weighted by molar-refractivity contribution is 0.304. The number of rotatable bonds is 4. The third kappa shape index (κ3) is 3.48. The molecular weight excluding hydrogens is 252 g/mol. The Morgan fingerprint density at radius 1 is 0.905 bits per heavy atom. The van der Waals surface area contributed by atoms with Crippen LogP contribution in [0.4, 0.5) is 0 Å². The molecule has 0 aromatic heterocycles. The van der Waals surface area contributed by atoms with Crippen molar-refractivity contribution in [2.75, 3.05) is 0 Å². The molecule has 1 saturated carbocycles. The van der Waals surface area contributed by atoms with Gasteiger partial charge < -0.3 is 0 Å². The van der Waals surface area contributed by atoms with Crippen LogP contribution in [-0.2, 0) is 0 Å². The molecule has 0 nitrogen and oxygen atoms in total. The molecular formula is C21H28. The van der Waals surface area contributed by atoms with E-state index in [0.29, 0.717) is 0 Å². The molecule has 3 rings (SSSR count). The van der Waals surface area contributed by atoms with Crippen LogP contribution in [0, 0.1) is 12.8 Å². The Morgan fingerprint density at radius 3 is 2.38 bits per heavy atom. The standard InChI is InChI=1S/C21H28/c1-3-4-5-17-7-10-18(11-8-17)20-13-12-19-14-16(2)6-9-21(19)15-20/h6,9,12-15,17-18H,3-5,7-8,10-11H2,1-2H3/t17-,18-. The minimum atomic E-state index is 0.800. The number of unbranched alkanes of at least 4 members (excludes halogenated alkanes) is 1. The van der Waals surface area contributed by atoms with Crippen molar-refractivity contribution in [3.05, 3.63) is 47.5 Å². The van der Waals surface area contributed by atoms with E-state index >= 15 is 0 Å². The van der Waals surface area contributed by atoms with Gasteiger partial charge in [0.2, 0.25) is 0 Å². The highest BCUT2D eigenvalue weighted by Crippen LogP contribution is 2.38. The van der Waals surface area contributed by atoms with Gasteiger partial charge in [0.05, 0.1) is 0 Å². The summed E-state index contributed by atoms with van der Waals surface area (Å²) in [5.74, 6) is 1.80. The van der Waals surface area contributed by atoms with Crippen molar-refractivity contribution < 1.29 is 0 Å². The smallest absolute Gasteiger partial charge is 0.0162 e. The van der Waals surface area contributed by atoms with Crippen LogP contribution < -0.4 is 0 Å². The van der Waals surface area contributed by atoms with Crippen LogP contribution in [0.3, 0.4) is 0 Å². The maximum Gasteiger partial charge on any atom is -0.0162 e. The molecule has 2 aromatic rings. The molecule has 2 aromatic carbocycles. The number of aryl methyl sites for hydroxylation is 1. The van der Waals surface area contributed by atoms with Crippen molar-refractivity contribution in [2.24, 2.45) is 5.92 Å². The van der Waals surface area contributed by atoms with Crippen molar-refractivity contribution >= 4 is 10.8 Å². The zero-order valence-corrected chi connectivity index (χ0v) is 13.6. The fourth-order valence-corrected chi connectivity index (χ4v) is 3.91. The molecule has 0 aliphatic heterocycles. The number of hydrogen-bond acceptors (Lipinski definition) is 0. The third-order valence-electron chi connectivity index (χ3n) is 5.30.